The summed E-state index contributed by atoms with van der Waals surface area (Å²) in [6.45, 7) is 18.7. The van der Waals surface area contributed by atoms with Gasteiger partial charge in [0, 0.05) is 22.5 Å². The van der Waals surface area contributed by atoms with Crippen LogP contribution in [0, 0.1) is 0 Å². The van der Waals surface area contributed by atoms with Crippen LogP contribution in [0.5, 0.6) is 0 Å². The van der Waals surface area contributed by atoms with Gasteiger partial charge in [-0.05, 0) is 116 Å². The molecule has 0 radical (unpaired) electrons. The molecule has 0 spiro atoms. The highest BCUT2D eigenvalue weighted by molar-refractivity contribution is 5.86. The maximum Gasteiger partial charge on any atom is 0.0467 e. The van der Waals surface area contributed by atoms with Crippen molar-refractivity contribution in [2.45, 2.75) is 110 Å². The molecule has 1 fully saturated rings. The molecule has 0 heterocycles. The molecule has 1 heteroatoms. The third-order valence-corrected chi connectivity index (χ3v) is 11.2. The standard InChI is InChI=1S/C47H53N/c1-45(2,3)36-28-37(46(4,5)6)30-40(29-36)48(39-26-27-42-41-16-12-13-17-43(41)47(7,8)44(42)31-39)38-24-22-35(23-25-38)34-20-18-33(19-21-34)32-14-10-9-11-15-32/h12-13,16-32H,9-11,14-15H2,1-8H3. The first-order valence-corrected chi connectivity index (χ1v) is 18.2. The average molecular weight is 632 g/mol. The van der Waals surface area contributed by atoms with E-state index in [9.17, 15) is 0 Å². The molecule has 2 aliphatic carbocycles. The third kappa shape index (κ3) is 6.02. The van der Waals surface area contributed by atoms with Gasteiger partial charge >= 0.3 is 0 Å². The second-order valence-electron chi connectivity index (χ2n) is 17.0. The predicted molar refractivity (Wildman–Crippen MR) is 207 cm³/mol. The van der Waals surface area contributed by atoms with Crippen molar-refractivity contribution in [3.05, 3.63) is 137 Å². The van der Waals surface area contributed by atoms with E-state index in [1.165, 1.54) is 99.2 Å². The number of hydrogen-bond acceptors (Lipinski definition) is 1. The first-order chi connectivity index (χ1) is 22.8. The van der Waals surface area contributed by atoms with Crippen LogP contribution in [0.2, 0.25) is 0 Å². The van der Waals surface area contributed by atoms with Gasteiger partial charge in [-0.1, -0.05) is 147 Å². The fourth-order valence-corrected chi connectivity index (χ4v) is 8.07. The van der Waals surface area contributed by atoms with E-state index in [0.29, 0.717) is 0 Å². The first-order valence-electron chi connectivity index (χ1n) is 18.2. The monoisotopic (exact) mass is 631 g/mol. The zero-order chi connectivity index (χ0) is 33.8. The minimum atomic E-state index is -0.0644. The van der Waals surface area contributed by atoms with Gasteiger partial charge in [0.1, 0.15) is 0 Å². The van der Waals surface area contributed by atoms with Gasteiger partial charge in [0.2, 0.25) is 0 Å². The van der Waals surface area contributed by atoms with Crippen molar-refractivity contribution in [1.82, 2.24) is 0 Å². The Hall–Kier alpha value is -4.10. The number of rotatable bonds is 5. The Bertz CT molecular complexity index is 1890. The fraction of sp³-hybridized carbons (Fsp3) is 0.362. The summed E-state index contributed by atoms with van der Waals surface area (Å²) in [6.07, 6.45) is 6.81. The Morgan fingerprint density at radius 2 is 1.06 bits per heavy atom. The third-order valence-electron chi connectivity index (χ3n) is 11.2. The molecule has 0 N–H and O–H groups in total. The summed E-state index contributed by atoms with van der Waals surface area (Å²) >= 11 is 0. The van der Waals surface area contributed by atoms with E-state index in [0.717, 1.165) is 5.92 Å². The Morgan fingerprint density at radius 1 is 0.521 bits per heavy atom. The van der Waals surface area contributed by atoms with Gasteiger partial charge in [0.25, 0.3) is 0 Å². The van der Waals surface area contributed by atoms with Crippen molar-refractivity contribution in [3.8, 4) is 22.3 Å². The predicted octanol–water partition coefficient (Wildman–Crippen LogP) is 13.8. The molecule has 0 unspecified atom stereocenters. The summed E-state index contributed by atoms with van der Waals surface area (Å²) in [5.74, 6) is 0.732. The molecule has 0 saturated heterocycles. The zero-order valence-electron chi connectivity index (χ0n) is 30.5. The lowest BCUT2D eigenvalue weighted by molar-refractivity contribution is 0.443. The van der Waals surface area contributed by atoms with Gasteiger partial charge in [-0.25, -0.2) is 0 Å². The molecule has 1 saturated carbocycles. The van der Waals surface area contributed by atoms with Crippen molar-refractivity contribution in [2.24, 2.45) is 0 Å². The molecule has 5 aromatic rings. The van der Waals surface area contributed by atoms with E-state index >= 15 is 0 Å². The number of benzene rings is 5. The van der Waals surface area contributed by atoms with Gasteiger partial charge in [-0.15, -0.1) is 0 Å². The fourth-order valence-electron chi connectivity index (χ4n) is 8.07. The van der Waals surface area contributed by atoms with Crippen LogP contribution in [0.3, 0.4) is 0 Å². The van der Waals surface area contributed by atoms with Crippen LogP contribution in [0.25, 0.3) is 22.3 Å². The molecular weight excluding hydrogens is 579 g/mol. The minimum absolute atomic E-state index is 0.0247. The first kappa shape index (κ1) is 32.4. The number of hydrogen-bond donors (Lipinski definition) is 0. The quantitative estimate of drug-likeness (QED) is 0.187. The Balaban J connectivity index is 1.33. The maximum absolute atomic E-state index is 2.49. The van der Waals surface area contributed by atoms with E-state index in [-0.39, 0.29) is 16.2 Å². The molecule has 1 nitrogen and oxygen atoms in total. The van der Waals surface area contributed by atoms with Crippen LogP contribution < -0.4 is 4.90 Å². The maximum atomic E-state index is 2.49. The SMILES string of the molecule is CC(C)(C)c1cc(N(c2ccc(-c3ccc(C4CCCCC4)cc3)cc2)c2ccc3c(c2)C(C)(C)c2ccccc2-3)cc(C(C)(C)C)c1. The van der Waals surface area contributed by atoms with E-state index in [1.807, 2.05) is 0 Å². The zero-order valence-corrected chi connectivity index (χ0v) is 30.5. The van der Waals surface area contributed by atoms with E-state index in [4.69, 9.17) is 0 Å². The van der Waals surface area contributed by atoms with Crippen molar-refractivity contribution in [2.75, 3.05) is 4.90 Å². The van der Waals surface area contributed by atoms with Crippen molar-refractivity contribution in [3.63, 3.8) is 0 Å². The van der Waals surface area contributed by atoms with Crippen LogP contribution in [-0.4, -0.2) is 0 Å². The topological polar surface area (TPSA) is 3.24 Å². The summed E-state index contributed by atoms with van der Waals surface area (Å²) in [7, 11) is 0. The molecule has 246 valence electrons. The highest BCUT2D eigenvalue weighted by Crippen LogP contribution is 2.51. The number of fused-ring (bicyclic) bond motifs is 3. The van der Waals surface area contributed by atoms with Gasteiger partial charge < -0.3 is 4.90 Å². The Labute approximate surface area is 290 Å². The van der Waals surface area contributed by atoms with Gasteiger partial charge in [0.05, 0.1) is 0 Å². The minimum Gasteiger partial charge on any atom is -0.310 e. The Kier molecular flexibility index (Phi) is 8.18. The average Bonchev–Trinajstić information content (AvgIpc) is 3.31. The highest BCUT2D eigenvalue weighted by atomic mass is 15.1. The molecule has 0 bridgehead atoms. The van der Waals surface area contributed by atoms with E-state index in [2.05, 4.69) is 169 Å². The van der Waals surface area contributed by atoms with Gasteiger partial charge in [0.15, 0.2) is 0 Å². The number of nitrogens with zero attached hydrogens (tertiary/aromatic N) is 1. The lowest BCUT2D eigenvalue weighted by Crippen LogP contribution is -2.19. The Morgan fingerprint density at radius 3 is 1.67 bits per heavy atom. The normalized spacial score (nSPS) is 16.0. The van der Waals surface area contributed by atoms with Crippen LogP contribution >= 0.6 is 0 Å². The number of anilines is 3. The molecule has 7 rings (SSSR count). The van der Waals surface area contributed by atoms with Crippen molar-refractivity contribution < 1.29 is 0 Å². The van der Waals surface area contributed by atoms with Crippen molar-refractivity contribution in [1.29, 1.82) is 0 Å². The lowest BCUT2D eigenvalue weighted by atomic mass is 9.80. The lowest BCUT2D eigenvalue weighted by Gasteiger charge is -2.32. The molecule has 0 atom stereocenters. The van der Waals surface area contributed by atoms with Crippen LogP contribution in [0.4, 0.5) is 17.1 Å². The summed E-state index contributed by atoms with van der Waals surface area (Å²) in [6, 6.07) is 42.0. The van der Waals surface area contributed by atoms with Gasteiger partial charge in [-0.3, -0.25) is 0 Å². The molecular formula is C47H53N. The van der Waals surface area contributed by atoms with Crippen molar-refractivity contribution >= 4 is 17.1 Å². The molecule has 48 heavy (non-hydrogen) atoms. The molecule has 0 aliphatic heterocycles. The molecule has 5 aromatic carbocycles. The van der Waals surface area contributed by atoms with E-state index in [1.54, 1.807) is 0 Å². The summed E-state index contributed by atoms with van der Waals surface area (Å²) in [5.41, 5.74) is 15.9. The molecule has 0 amide bonds. The summed E-state index contributed by atoms with van der Waals surface area (Å²) < 4.78 is 0. The highest BCUT2D eigenvalue weighted by Gasteiger charge is 2.36. The second kappa shape index (κ2) is 12.1. The summed E-state index contributed by atoms with van der Waals surface area (Å²) in [5, 5.41) is 0. The van der Waals surface area contributed by atoms with Crippen LogP contribution in [-0.2, 0) is 16.2 Å². The van der Waals surface area contributed by atoms with Crippen LogP contribution in [0.15, 0.2) is 109 Å². The largest absolute Gasteiger partial charge is 0.310 e. The van der Waals surface area contributed by atoms with E-state index < -0.39 is 0 Å². The smallest absolute Gasteiger partial charge is 0.0467 e. The molecule has 2 aliphatic rings. The molecule has 0 aromatic heterocycles. The second-order valence-corrected chi connectivity index (χ2v) is 17.0. The van der Waals surface area contributed by atoms with Gasteiger partial charge in [-0.2, -0.15) is 0 Å². The van der Waals surface area contributed by atoms with Crippen LogP contribution in [0.1, 0.15) is 121 Å². The summed E-state index contributed by atoms with van der Waals surface area (Å²) in [4.78, 5) is 2.49.